The van der Waals surface area contributed by atoms with E-state index >= 15 is 0 Å². The largest absolute Gasteiger partial charge is 0.462 e. The van der Waals surface area contributed by atoms with Gasteiger partial charge in [-0.2, -0.15) is 0 Å². The number of nitrogens with one attached hydrogen (secondary N) is 1. The van der Waals surface area contributed by atoms with E-state index in [-0.39, 0.29) is 24.7 Å². The van der Waals surface area contributed by atoms with Crippen LogP contribution in [-0.2, 0) is 4.79 Å². The van der Waals surface area contributed by atoms with Crippen LogP contribution in [0.2, 0.25) is 5.02 Å². The van der Waals surface area contributed by atoms with Gasteiger partial charge in [-0.15, -0.1) is 0 Å². The Morgan fingerprint density at radius 1 is 1.12 bits per heavy atom. The van der Waals surface area contributed by atoms with Gasteiger partial charge in [0.1, 0.15) is 11.5 Å². The van der Waals surface area contributed by atoms with E-state index in [0.29, 0.717) is 6.42 Å². The summed E-state index contributed by atoms with van der Waals surface area (Å²) in [6.45, 7) is 8.71. The van der Waals surface area contributed by atoms with E-state index in [1.165, 1.54) is 24.8 Å². The Hall–Kier alpha value is -1.62. The summed E-state index contributed by atoms with van der Waals surface area (Å²) in [6.07, 6.45) is 9.13. The molecule has 1 N–H and O–H groups in total. The zero-order chi connectivity index (χ0) is 24.7. The summed E-state index contributed by atoms with van der Waals surface area (Å²) in [4.78, 5) is 10.4. The second kappa shape index (κ2) is 16.1. The third kappa shape index (κ3) is 13.6. The third-order valence-electron chi connectivity index (χ3n) is 5.93. The monoisotopic (exact) mass is 485 g/mol. The lowest BCUT2D eigenvalue weighted by molar-refractivity contribution is -0.122. The molecule has 1 aliphatic heterocycles. The molecule has 3 nitrogen and oxygen atoms in total. The van der Waals surface area contributed by atoms with E-state index < -0.39 is 5.92 Å². The molecule has 1 heterocycles. The molecule has 33 heavy (non-hydrogen) atoms. The molecule has 1 saturated carbocycles. The highest BCUT2D eigenvalue weighted by Gasteiger charge is 2.29. The molecule has 3 rings (SSSR count). The zero-order valence-electron chi connectivity index (χ0n) is 20.8. The molecule has 0 radical (unpaired) electrons. The summed E-state index contributed by atoms with van der Waals surface area (Å²) in [5, 5.41) is 3.49. The SMILES string of the molecule is CC(Oc1ccc(Cl)cc1)=C1CCC1.CCCCC(F)(F)CC(C)CC.O=C1CCCCN1. The maximum atomic E-state index is 13.0. The molecule has 1 aromatic carbocycles. The smallest absolute Gasteiger partial charge is 0.248 e. The lowest BCUT2D eigenvalue weighted by Crippen LogP contribution is -2.28. The molecule has 1 aromatic rings. The first-order chi connectivity index (χ1) is 15.7. The number of hydrogen-bond acceptors (Lipinski definition) is 2. The number of amides is 1. The first kappa shape index (κ1) is 29.4. The highest BCUT2D eigenvalue weighted by atomic mass is 35.5. The summed E-state index contributed by atoms with van der Waals surface area (Å²) in [5.74, 6) is -0.140. The van der Waals surface area contributed by atoms with Crippen LogP contribution < -0.4 is 10.1 Å². The topological polar surface area (TPSA) is 38.3 Å². The molecule has 0 aromatic heterocycles. The maximum absolute atomic E-state index is 13.0. The third-order valence-corrected chi connectivity index (χ3v) is 6.18. The minimum absolute atomic E-state index is 0.0590. The molecule has 1 unspecified atom stereocenters. The second-order valence-electron chi connectivity index (χ2n) is 9.05. The van der Waals surface area contributed by atoms with Crippen LogP contribution in [-0.4, -0.2) is 18.4 Å². The number of halogens is 3. The summed E-state index contributed by atoms with van der Waals surface area (Å²) in [5.41, 5.74) is 1.44. The minimum Gasteiger partial charge on any atom is -0.462 e. The molecule has 2 fully saturated rings. The van der Waals surface area contributed by atoms with Crippen LogP contribution in [0.25, 0.3) is 0 Å². The predicted octanol–water partition coefficient (Wildman–Crippen LogP) is 8.71. The van der Waals surface area contributed by atoms with Crippen LogP contribution in [0.4, 0.5) is 8.78 Å². The van der Waals surface area contributed by atoms with Crippen molar-refractivity contribution in [1.29, 1.82) is 0 Å². The van der Waals surface area contributed by atoms with Crippen molar-refractivity contribution < 1.29 is 18.3 Å². The van der Waals surface area contributed by atoms with Crippen molar-refractivity contribution in [1.82, 2.24) is 5.32 Å². The van der Waals surface area contributed by atoms with Gasteiger partial charge in [0, 0.05) is 30.8 Å². The summed E-state index contributed by atoms with van der Waals surface area (Å²) >= 11 is 5.78. The van der Waals surface area contributed by atoms with Crippen LogP contribution in [0.3, 0.4) is 0 Å². The number of carbonyl (C=O) groups is 1. The Morgan fingerprint density at radius 3 is 2.21 bits per heavy atom. The van der Waals surface area contributed by atoms with Crippen molar-refractivity contribution in [2.45, 2.75) is 104 Å². The van der Waals surface area contributed by atoms with E-state index in [4.69, 9.17) is 16.3 Å². The van der Waals surface area contributed by atoms with E-state index in [2.05, 4.69) is 5.32 Å². The highest BCUT2D eigenvalue weighted by Crippen LogP contribution is 2.30. The quantitative estimate of drug-likeness (QED) is 0.374. The average Bonchev–Trinajstić information content (AvgIpc) is 2.74. The molecule has 6 heteroatoms. The average molecular weight is 486 g/mol. The van der Waals surface area contributed by atoms with Crippen LogP contribution in [0.5, 0.6) is 5.75 Å². The molecule has 0 bridgehead atoms. The van der Waals surface area contributed by atoms with Crippen LogP contribution in [0.1, 0.15) is 98.3 Å². The highest BCUT2D eigenvalue weighted by molar-refractivity contribution is 6.30. The Bertz CT molecular complexity index is 705. The Kier molecular flexibility index (Phi) is 14.3. The van der Waals surface area contributed by atoms with Gasteiger partial charge in [0.05, 0.1) is 0 Å². The van der Waals surface area contributed by atoms with Crippen molar-refractivity contribution in [3.8, 4) is 5.75 Å². The number of piperidine rings is 1. The number of alkyl halides is 2. The Labute approximate surface area is 204 Å². The van der Waals surface area contributed by atoms with Gasteiger partial charge < -0.3 is 10.1 Å². The van der Waals surface area contributed by atoms with Crippen molar-refractivity contribution in [2.75, 3.05) is 6.54 Å². The van der Waals surface area contributed by atoms with Gasteiger partial charge in [-0.05, 0) is 81.2 Å². The fourth-order valence-electron chi connectivity index (χ4n) is 3.38. The fourth-order valence-corrected chi connectivity index (χ4v) is 3.50. The number of unbranched alkanes of at least 4 members (excludes halogenated alkanes) is 1. The molecule has 1 amide bonds. The van der Waals surface area contributed by atoms with Gasteiger partial charge >= 0.3 is 0 Å². The number of carbonyl (C=O) groups excluding carboxylic acids is 1. The number of hydrogen-bond donors (Lipinski definition) is 1. The molecule has 0 spiro atoms. The zero-order valence-corrected chi connectivity index (χ0v) is 21.6. The van der Waals surface area contributed by atoms with E-state index in [9.17, 15) is 13.6 Å². The molecular formula is C27H42ClF2NO2. The van der Waals surface area contributed by atoms with Crippen LogP contribution in [0.15, 0.2) is 35.6 Å². The molecule has 2 aliphatic rings. The van der Waals surface area contributed by atoms with Crippen molar-refractivity contribution in [2.24, 2.45) is 5.92 Å². The lowest BCUT2D eigenvalue weighted by Gasteiger charge is -2.19. The van der Waals surface area contributed by atoms with Gasteiger partial charge in [-0.3, -0.25) is 4.79 Å². The molecule has 1 aliphatic carbocycles. The first-order valence-corrected chi connectivity index (χ1v) is 12.8. The molecule has 188 valence electrons. The second-order valence-corrected chi connectivity index (χ2v) is 9.49. The number of benzene rings is 1. The summed E-state index contributed by atoms with van der Waals surface area (Å²) in [6, 6.07) is 7.47. The van der Waals surface area contributed by atoms with Crippen molar-refractivity contribution >= 4 is 17.5 Å². The van der Waals surface area contributed by atoms with Crippen molar-refractivity contribution in [3.05, 3.63) is 40.6 Å². The van der Waals surface area contributed by atoms with E-state index in [0.717, 1.165) is 55.2 Å². The number of ether oxygens (including phenoxy) is 1. The molecule has 1 saturated heterocycles. The summed E-state index contributed by atoms with van der Waals surface area (Å²) in [7, 11) is 0. The lowest BCUT2D eigenvalue weighted by atomic mass is 9.91. The van der Waals surface area contributed by atoms with Gasteiger partial charge in [0.2, 0.25) is 11.8 Å². The number of allylic oxidation sites excluding steroid dienone is 2. The Balaban J connectivity index is 0.000000261. The van der Waals surface area contributed by atoms with E-state index in [1.54, 1.807) is 0 Å². The standard InChI is InChI=1S/C12H13ClO.C10H20F2.C5H9NO/c1-9(10-3-2-4-10)14-12-7-5-11(13)6-8-12;1-4-6-7-10(11,12)8-9(3)5-2;7-5-3-1-2-4-6-5/h5-8H,2-4H2,1H3;9H,4-8H2,1-3H3;1-4H2,(H,6,7). The maximum Gasteiger partial charge on any atom is 0.248 e. The van der Waals surface area contributed by atoms with Gasteiger partial charge in [0.25, 0.3) is 0 Å². The fraction of sp³-hybridized carbons (Fsp3) is 0.667. The molecular weight excluding hydrogens is 444 g/mol. The van der Waals surface area contributed by atoms with Gasteiger partial charge in [-0.25, -0.2) is 8.78 Å². The molecule has 1 atom stereocenters. The van der Waals surface area contributed by atoms with E-state index in [1.807, 2.05) is 52.0 Å². The number of rotatable bonds is 8. The van der Waals surface area contributed by atoms with Crippen LogP contribution >= 0.6 is 11.6 Å². The predicted molar refractivity (Wildman–Crippen MR) is 134 cm³/mol. The van der Waals surface area contributed by atoms with Crippen molar-refractivity contribution in [3.63, 3.8) is 0 Å². The summed E-state index contributed by atoms with van der Waals surface area (Å²) < 4.78 is 31.8. The normalized spacial score (nSPS) is 16.2. The van der Waals surface area contributed by atoms with Crippen LogP contribution in [0, 0.1) is 5.92 Å². The van der Waals surface area contributed by atoms with Gasteiger partial charge in [-0.1, -0.05) is 45.2 Å². The Morgan fingerprint density at radius 2 is 1.79 bits per heavy atom. The minimum atomic E-state index is -2.43. The first-order valence-electron chi connectivity index (χ1n) is 12.4. The van der Waals surface area contributed by atoms with Gasteiger partial charge in [0.15, 0.2) is 0 Å².